The third-order valence-electron chi connectivity index (χ3n) is 3.47. The molecule has 134 valence electrons. The minimum atomic E-state index is -0.145. The number of unbranched alkanes of at least 4 members (excludes halogenated alkanes) is 1. The van der Waals surface area contributed by atoms with Gasteiger partial charge in [-0.25, -0.2) is 0 Å². The second-order valence-corrected chi connectivity index (χ2v) is 6.43. The molecule has 0 aliphatic rings. The van der Waals surface area contributed by atoms with Gasteiger partial charge in [-0.2, -0.15) is 0 Å². The van der Waals surface area contributed by atoms with Gasteiger partial charge in [0, 0.05) is 16.6 Å². The van der Waals surface area contributed by atoms with Crippen LogP contribution in [0.15, 0.2) is 42.5 Å². The van der Waals surface area contributed by atoms with E-state index in [1.54, 1.807) is 30.3 Å². The summed E-state index contributed by atoms with van der Waals surface area (Å²) in [6, 6.07) is 12.6. The van der Waals surface area contributed by atoms with Gasteiger partial charge in [0.25, 0.3) is 5.91 Å². The highest BCUT2D eigenvalue weighted by atomic mass is 35.5. The largest absolute Gasteiger partial charge is 0.494 e. The molecule has 0 bridgehead atoms. The van der Waals surface area contributed by atoms with Gasteiger partial charge in [0.15, 0.2) is 6.61 Å². The molecular weight excluding hydrogens is 361 g/mol. The van der Waals surface area contributed by atoms with E-state index >= 15 is 0 Å². The van der Waals surface area contributed by atoms with Crippen molar-refractivity contribution in [3.63, 3.8) is 0 Å². The van der Waals surface area contributed by atoms with Crippen LogP contribution in [-0.4, -0.2) is 25.7 Å². The van der Waals surface area contributed by atoms with E-state index in [-0.39, 0.29) is 12.5 Å². The number of rotatable bonds is 9. The fourth-order valence-electron chi connectivity index (χ4n) is 2.14. The molecule has 6 heteroatoms. The molecule has 0 fully saturated rings. The highest BCUT2D eigenvalue weighted by molar-refractivity contribution is 6.30. The Morgan fingerprint density at radius 3 is 2.44 bits per heavy atom. The number of halogens is 2. The van der Waals surface area contributed by atoms with E-state index in [1.165, 1.54) is 0 Å². The summed E-state index contributed by atoms with van der Waals surface area (Å²) in [4.78, 5) is 11.8. The molecular formula is C19H21Cl2NO3. The number of aryl methyl sites for hydroxylation is 1. The van der Waals surface area contributed by atoms with Crippen LogP contribution in [-0.2, 0) is 4.79 Å². The van der Waals surface area contributed by atoms with Crippen molar-refractivity contribution in [2.45, 2.75) is 19.8 Å². The standard InChI is InChI=1S/C19H21Cl2NO3/c1-14-12-16(21)6-9-18(14)25-13-19(23)22-10-2-3-11-24-17-7-4-15(20)5-8-17/h4-9,12H,2-3,10-11,13H2,1H3,(H,22,23). The van der Waals surface area contributed by atoms with Crippen molar-refractivity contribution in [3.05, 3.63) is 58.1 Å². The van der Waals surface area contributed by atoms with Crippen LogP contribution in [0.25, 0.3) is 0 Å². The van der Waals surface area contributed by atoms with Gasteiger partial charge in [0.05, 0.1) is 6.61 Å². The summed E-state index contributed by atoms with van der Waals surface area (Å²) >= 11 is 11.7. The van der Waals surface area contributed by atoms with E-state index in [0.717, 1.165) is 24.2 Å². The second-order valence-electron chi connectivity index (χ2n) is 5.56. The zero-order valence-corrected chi connectivity index (χ0v) is 15.6. The van der Waals surface area contributed by atoms with Crippen molar-refractivity contribution in [1.29, 1.82) is 0 Å². The Kier molecular flexibility index (Phi) is 7.89. The van der Waals surface area contributed by atoms with E-state index in [0.29, 0.717) is 28.9 Å². The van der Waals surface area contributed by atoms with Gasteiger partial charge in [-0.1, -0.05) is 23.2 Å². The minimum absolute atomic E-state index is 0.0102. The molecule has 2 aromatic carbocycles. The summed E-state index contributed by atoms with van der Waals surface area (Å²) < 4.78 is 11.1. The summed E-state index contributed by atoms with van der Waals surface area (Å²) in [5, 5.41) is 4.16. The maximum absolute atomic E-state index is 11.8. The van der Waals surface area contributed by atoms with Gasteiger partial charge in [-0.3, -0.25) is 4.79 Å². The number of carbonyl (C=O) groups excluding carboxylic acids is 1. The van der Waals surface area contributed by atoms with Crippen LogP contribution < -0.4 is 14.8 Å². The first-order chi connectivity index (χ1) is 12.0. The molecule has 0 aliphatic heterocycles. The molecule has 0 unspecified atom stereocenters. The third-order valence-corrected chi connectivity index (χ3v) is 3.96. The Balaban J connectivity index is 1.55. The number of hydrogen-bond acceptors (Lipinski definition) is 3. The van der Waals surface area contributed by atoms with E-state index < -0.39 is 0 Å². The Hall–Kier alpha value is -1.91. The van der Waals surface area contributed by atoms with E-state index in [2.05, 4.69) is 5.32 Å². The number of carbonyl (C=O) groups is 1. The van der Waals surface area contributed by atoms with Crippen LogP contribution >= 0.6 is 23.2 Å². The molecule has 0 atom stereocenters. The maximum Gasteiger partial charge on any atom is 0.257 e. The van der Waals surface area contributed by atoms with Crippen LogP contribution in [0.5, 0.6) is 11.5 Å². The minimum Gasteiger partial charge on any atom is -0.494 e. The average molecular weight is 382 g/mol. The normalized spacial score (nSPS) is 10.4. The fourth-order valence-corrected chi connectivity index (χ4v) is 2.50. The molecule has 0 saturated heterocycles. The Labute approximate surface area is 158 Å². The zero-order valence-electron chi connectivity index (χ0n) is 14.1. The summed E-state index contributed by atoms with van der Waals surface area (Å²) in [5.41, 5.74) is 0.902. The lowest BCUT2D eigenvalue weighted by Gasteiger charge is -2.10. The van der Waals surface area contributed by atoms with Crippen molar-refractivity contribution in [2.75, 3.05) is 19.8 Å². The van der Waals surface area contributed by atoms with Crippen LogP contribution in [0.1, 0.15) is 18.4 Å². The lowest BCUT2D eigenvalue weighted by atomic mass is 10.2. The van der Waals surface area contributed by atoms with Crippen LogP contribution in [0.3, 0.4) is 0 Å². The molecule has 2 aromatic rings. The number of nitrogens with one attached hydrogen (secondary N) is 1. The van der Waals surface area contributed by atoms with Gasteiger partial charge in [-0.15, -0.1) is 0 Å². The fraction of sp³-hybridized carbons (Fsp3) is 0.316. The SMILES string of the molecule is Cc1cc(Cl)ccc1OCC(=O)NCCCCOc1ccc(Cl)cc1. The van der Waals surface area contributed by atoms with Gasteiger partial charge >= 0.3 is 0 Å². The Bertz CT molecular complexity index is 690. The quantitative estimate of drug-likeness (QED) is 0.642. The van der Waals surface area contributed by atoms with Crippen LogP contribution in [0.4, 0.5) is 0 Å². The van der Waals surface area contributed by atoms with Crippen molar-refractivity contribution in [1.82, 2.24) is 5.32 Å². The number of amides is 1. The molecule has 4 nitrogen and oxygen atoms in total. The first kappa shape index (κ1) is 19.4. The van der Waals surface area contributed by atoms with Crippen molar-refractivity contribution < 1.29 is 14.3 Å². The molecule has 0 saturated carbocycles. The predicted octanol–water partition coefficient (Wildman–Crippen LogP) is 4.66. The Morgan fingerprint density at radius 1 is 1.00 bits per heavy atom. The monoisotopic (exact) mass is 381 g/mol. The summed E-state index contributed by atoms with van der Waals surface area (Å²) in [7, 11) is 0. The molecule has 2 rings (SSSR count). The van der Waals surface area contributed by atoms with E-state index in [1.807, 2.05) is 19.1 Å². The number of benzene rings is 2. The number of hydrogen-bond donors (Lipinski definition) is 1. The lowest BCUT2D eigenvalue weighted by molar-refractivity contribution is -0.123. The zero-order chi connectivity index (χ0) is 18.1. The maximum atomic E-state index is 11.8. The van der Waals surface area contributed by atoms with Crippen molar-refractivity contribution in [3.8, 4) is 11.5 Å². The predicted molar refractivity (Wildman–Crippen MR) is 101 cm³/mol. The lowest BCUT2D eigenvalue weighted by Crippen LogP contribution is -2.30. The molecule has 0 radical (unpaired) electrons. The topological polar surface area (TPSA) is 47.6 Å². The molecule has 0 aromatic heterocycles. The van der Waals surface area contributed by atoms with Crippen molar-refractivity contribution >= 4 is 29.1 Å². The Morgan fingerprint density at radius 2 is 1.72 bits per heavy atom. The van der Waals surface area contributed by atoms with Crippen LogP contribution in [0.2, 0.25) is 10.0 Å². The smallest absolute Gasteiger partial charge is 0.257 e. The van der Waals surface area contributed by atoms with E-state index in [9.17, 15) is 4.79 Å². The molecule has 0 heterocycles. The summed E-state index contributed by atoms with van der Waals surface area (Å²) in [5.74, 6) is 1.31. The first-order valence-corrected chi connectivity index (χ1v) is 8.84. The molecule has 1 N–H and O–H groups in total. The molecule has 25 heavy (non-hydrogen) atoms. The average Bonchev–Trinajstić information content (AvgIpc) is 2.59. The van der Waals surface area contributed by atoms with Gasteiger partial charge in [0.2, 0.25) is 0 Å². The van der Waals surface area contributed by atoms with Gasteiger partial charge < -0.3 is 14.8 Å². The first-order valence-electron chi connectivity index (χ1n) is 8.08. The van der Waals surface area contributed by atoms with Gasteiger partial charge in [-0.05, 0) is 67.8 Å². The van der Waals surface area contributed by atoms with E-state index in [4.69, 9.17) is 32.7 Å². The highest BCUT2D eigenvalue weighted by Gasteiger charge is 2.05. The van der Waals surface area contributed by atoms with Crippen molar-refractivity contribution in [2.24, 2.45) is 0 Å². The molecule has 1 amide bonds. The molecule has 0 aliphatic carbocycles. The summed E-state index contributed by atoms with van der Waals surface area (Å²) in [6.45, 7) is 3.06. The summed E-state index contributed by atoms with van der Waals surface area (Å²) in [6.07, 6.45) is 1.68. The van der Waals surface area contributed by atoms with Crippen LogP contribution in [0, 0.1) is 6.92 Å². The highest BCUT2D eigenvalue weighted by Crippen LogP contribution is 2.21. The van der Waals surface area contributed by atoms with Gasteiger partial charge in [0.1, 0.15) is 11.5 Å². The molecule has 0 spiro atoms. The number of ether oxygens (including phenoxy) is 2. The third kappa shape index (κ3) is 7.24. The second kappa shape index (κ2) is 10.2.